The number of nitrogens with one attached hydrogen (secondary N) is 1. The quantitative estimate of drug-likeness (QED) is 0.462. The van der Waals surface area contributed by atoms with Crippen molar-refractivity contribution in [1.29, 1.82) is 0 Å². The van der Waals surface area contributed by atoms with Crippen LogP contribution in [0.2, 0.25) is 0 Å². The van der Waals surface area contributed by atoms with E-state index in [1.54, 1.807) is 0 Å². The molecule has 9 nitrogen and oxygen atoms in total. The topological polar surface area (TPSA) is 132 Å². The first kappa shape index (κ1) is 7.61. The standard InChI is InChI=1S/C4H7N9/c5-3-9-4(6,11-10-3)12-13-2-7-1-8-13/h1-2,12H,6H2,(H2,5,9). The third-order valence-electron chi connectivity index (χ3n) is 1.29. The average molecular weight is 181 g/mol. The first-order valence-corrected chi connectivity index (χ1v) is 3.38. The van der Waals surface area contributed by atoms with E-state index in [9.17, 15) is 0 Å². The maximum Gasteiger partial charge on any atom is 0.320 e. The van der Waals surface area contributed by atoms with Crippen molar-refractivity contribution in [2.45, 2.75) is 5.91 Å². The van der Waals surface area contributed by atoms with Gasteiger partial charge in [-0.3, -0.25) is 5.73 Å². The Kier molecular flexibility index (Phi) is 1.45. The molecule has 0 radical (unpaired) electrons. The first-order chi connectivity index (χ1) is 6.18. The van der Waals surface area contributed by atoms with Crippen LogP contribution in [0, 0.1) is 0 Å². The predicted molar refractivity (Wildman–Crippen MR) is 42.8 cm³/mol. The van der Waals surface area contributed by atoms with Gasteiger partial charge >= 0.3 is 5.91 Å². The van der Waals surface area contributed by atoms with Crippen molar-refractivity contribution >= 4 is 5.96 Å². The Balaban J connectivity index is 2.15. The Bertz CT molecular complexity index is 350. The van der Waals surface area contributed by atoms with Crippen molar-refractivity contribution in [2.75, 3.05) is 5.43 Å². The molecule has 9 heteroatoms. The lowest BCUT2D eigenvalue weighted by atomic mass is 10.7. The minimum absolute atomic E-state index is 0.0233. The number of guanidine groups is 1. The van der Waals surface area contributed by atoms with Gasteiger partial charge < -0.3 is 5.73 Å². The fourth-order valence-corrected chi connectivity index (χ4v) is 0.829. The molecular formula is C4H7N9. The smallest absolute Gasteiger partial charge is 0.320 e. The van der Waals surface area contributed by atoms with Crippen LogP contribution in [-0.2, 0) is 0 Å². The van der Waals surface area contributed by atoms with Gasteiger partial charge in [0.2, 0.25) is 5.96 Å². The third-order valence-corrected chi connectivity index (χ3v) is 1.29. The van der Waals surface area contributed by atoms with E-state index < -0.39 is 5.91 Å². The zero-order chi connectivity index (χ0) is 9.31. The lowest BCUT2D eigenvalue weighted by molar-refractivity contribution is 0.458. The van der Waals surface area contributed by atoms with E-state index >= 15 is 0 Å². The molecule has 0 amide bonds. The molecule has 0 spiro atoms. The molecule has 1 aromatic heterocycles. The zero-order valence-corrected chi connectivity index (χ0v) is 6.49. The van der Waals surface area contributed by atoms with E-state index in [-0.39, 0.29) is 5.96 Å². The first-order valence-electron chi connectivity index (χ1n) is 3.38. The number of rotatable bonds is 2. The summed E-state index contributed by atoms with van der Waals surface area (Å²) in [6, 6.07) is 0. The highest BCUT2D eigenvalue weighted by molar-refractivity contribution is 5.79. The van der Waals surface area contributed by atoms with E-state index in [0.717, 1.165) is 0 Å². The van der Waals surface area contributed by atoms with Crippen molar-refractivity contribution in [3.8, 4) is 0 Å². The van der Waals surface area contributed by atoms with E-state index in [0.29, 0.717) is 0 Å². The van der Waals surface area contributed by atoms with Crippen LogP contribution in [0.25, 0.3) is 0 Å². The van der Waals surface area contributed by atoms with Gasteiger partial charge in [-0.2, -0.15) is 9.78 Å². The van der Waals surface area contributed by atoms with Crippen LogP contribution in [-0.4, -0.2) is 26.7 Å². The van der Waals surface area contributed by atoms with Gasteiger partial charge in [0.25, 0.3) is 0 Å². The number of aliphatic imine (C=N–C) groups is 1. The van der Waals surface area contributed by atoms with Gasteiger partial charge in [0.05, 0.1) is 0 Å². The largest absolute Gasteiger partial charge is 0.367 e. The molecular weight excluding hydrogens is 174 g/mol. The van der Waals surface area contributed by atoms with Crippen LogP contribution in [0.3, 0.4) is 0 Å². The minimum atomic E-state index is -1.38. The number of azo groups is 1. The molecule has 0 fully saturated rings. The van der Waals surface area contributed by atoms with Gasteiger partial charge in [0.1, 0.15) is 12.7 Å². The molecule has 0 saturated heterocycles. The molecule has 68 valence electrons. The summed E-state index contributed by atoms with van der Waals surface area (Å²) < 4.78 is 0. The summed E-state index contributed by atoms with van der Waals surface area (Å²) >= 11 is 0. The summed E-state index contributed by atoms with van der Waals surface area (Å²) in [5.41, 5.74) is 13.5. The molecule has 2 heterocycles. The van der Waals surface area contributed by atoms with Crippen LogP contribution in [0.1, 0.15) is 0 Å². The van der Waals surface area contributed by atoms with Crippen LogP contribution in [0.5, 0.6) is 0 Å². The Morgan fingerprint density at radius 1 is 1.54 bits per heavy atom. The van der Waals surface area contributed by atoms with Crippen LogP contribution in [0.15, 0.2) is 27.9 Å². The van der Waals surface area contributed by atoms with Crippen LogP contribution < -0.4 is 16.9 Å². The third kappa shape index (κ3) is 1.44. The van der Waals surface area contributed by atoms with Gasteiger partial charge in [-0.1, -0.05) is 0 Å². The number of hydrogen-bond donors (Lipinski definition) is 3. The Morgan fingerprint density at radius 3 is 2.92 bits per heavy atom. The highest BCUT2D eigenvalue weighted by Crippen LogP contribution is 2.08. The maximum absolute atomic E-state index is 5.61. The van der Waals surface area contributed by atoms with E-state index in [1.807, 2.05) is 0 Å². The number of hydrogen-bond acceptors (Lipinski definition) is 8. The lowest BCUT2D eigenvalue weighted by Gasteiger charge is -2.16. The van der Waals surface area contributed by atoms with Gasteiger partial charge in [0.15, 0.2) is 0 Å². The zero-order valence-electron chi connectivity index (χ0n) is 6.49. The van der Waals surface area contributed by atoms with Gasteiger partial charge in [-0.15, -0.1) is 15.3 Å². The summed E-state index contributed by atoms with van der Waals surface area (Å²) in [5, 5.41) is 10.8. The van der Waals surface area contributed by atoms with Gasteiger partial charge in [-0.05, 0) is 0 Å². The van der Waals surface area contributed by atoms with E-state index in [2.05, 4.69) is 30.7 Å². The number of nitrogens with zero attached hydrogens (tertiary/aromatic N) is 6. The molecule has 1 unspecified atom stereocenters. The second-order valence-corrected chi connectivity index (χ2v) is 2.35. The molecule has 0 aromatic carbocycles. The fraction of sp³-hybridized carbons (Fsp3) is 0.250. The Morgan fingerprint density at radius 2 is 2.38 bits per heavy atom. The van der Waals surface area contributed by atoms with Crippen molar-refractivity contribution in [3.63, 3.8) is 0 Å². The normalized spacial score (nSPS) is 26.1. The van der Waals surface area contributed by atoms with Gasteiger partial charge in [0, 0.05) is 0 Å². The molecule has 2 rings (SSSR count). The van der Waals surface area contributed by atoms with Crippen LogP contribution in [0.4, 0.5) is 0 Å². The molecule has 13 heavy (non-hydrogen) atoms. The molecule has 1 aliphatic rings. The predicted octanol–water partition coefficient (Wildman–Crippen LogP) is -1.83. The minimum Gasteiger partial charge on any atom is -0.367 e. The molecule has 0 aliphatic carbocycles. The number of nitrogens with two attached hydrogens (primary N) is 2. The molecule has 5 N–H and O–H groups in total. The molecule has 0 bridgehead atoms. The molecule has 0 saturated carbocycles. The summed E-state index contributed by atoms with van der Waals surface area (Å²) in [5.74, 6) is -1.35. The molecule has 1 aliphatic heterocycles. The van der Waals surface area contributed by atoms with Crippen molar-refractivity contribution in [2.24, 2.45) is 26.7 Å². The summed E-state index contributed by atoms with van der Waals surface area (Å²) in [6.07, 6.45) is 2.75. The number of aromatic nitrogens is 3. The van der Waals surface area contributed by atoms with Gasteiger partial charge in [-0.25, -0.2) is 10.4 Å². The highest BCUT2D eigenvalue weighted by Gasteiger charge is 2.28. The average Bonchev–Trinajstić information content (AvgIpc) is 2.62. The van der Waals surface area contributed by atoms with Crippen LogP contribution >= 0.6 is 0 Å². The maximum atomic E-state index is 5.61. The SMILES string of the molecule is NC1=NC(N)(Nn2cncn2)N=N1. The molecule has 1 atom stereocenters. The molecule has 1 aromatic rings. The second kappa shape index (κ2) is 2.48. The Labute approximate surface area is 72.5 Å². The van der Waals surface area contributed by atoms with Crippen molar-refractivity contribution in [1.82, 2.24) is 14.9 Å². The van der Waals surface area contributed by atoms with Crippen molar-refractivity contribution < 1.29 is 0 Å². The Hall–Kier alpha value is -2.03. The fourth-order valence-electron chi connectivity index (χ4n) is 0.829. The lowest BCUT2D eigenvalue weighted by Crippen LogP contribution is -2.47. The van der Waals surface area contributed by atoms with Crippen molar-refractivity contribution in [3.05, 3.63) is 12.7 Å². The summed E-state index contributed by atoms with van der Waals surface area (Å²) in [7, 11) is 0. The summed E-state index contributed by atoms with van der Waals surface area (Å²) in [6.45, 7) is 0. The summed E-state index contributed by atoms with van der Waals surface area (Å²) in [4.78, 5) is 8.70. The monoisotopic (exact) mass is 181 g/mol. The van der Waals surface area contributed by atoms with E-state index in [4.69, 9.17) is 11.5 Å². The second-order valence-electron chi connectivity index (χ2n) is 2.35. The highest BCUT2D eigenvalue weighted by atomic mass is 15.7. The van der Waals surface area contributed by atoms with E-state index in [1.165, 1.54) is 17.4 Å².